The highest BCUT2D eigenvalue weighted by Crippen LogP contribution is 2.26. The molecule has 0 heterocycles. The molecule has 2 aromatic rings. The Labute approximate surface area is 160 Å². The van der Waals surface area contributed by atoms with E-state index < -0.39 is 6.10 Å². The van der Waals surface area contributed by atoms with E-state index in [4.69, 9.17) is 21.1 Å². The van der Waals surface area contributed by atoms with Crippen LogP contribution in [-0.2, 0) is 4.79 Å². The first-order valence-electron chi connectivity index (χ1n) is 8.69. The summed E-state index contributed by atoms with van der Waals surface area (Å²) in [5.41, 5.74) is 3.03. The molecule has 0 bridgehead atoms. The van der Waals surface area contributed by atoms with Crippen LogP contribution in [0.1, 0.15) is 30.5 Å². The van der Waals surface area contributed by atoms with E-state index in [2.05, 4.69) is 5.32 Å². The van der Waals surface area contributed by atoms with Gasteiger partial charge in [-0.2, -0.15) is 0 Å². The van der Waals surface area contributed by atoms with Crippen molar-refractivity contribution < 1.29 is 14.3 Å². The average molecular weight is 376 g/mol. The van der Waals surface area contributed by atoms with Gasteiger partial charge in [0, 0.05) is 5.02 Å². The topological polar surface area (TPSA) is 47.6 Å². The van der Waals surface area contributed by atoms with Gasteiger partial charge in [0.2, 0.25) is 0 Å². The van der Waals surface area contributed by atoms with Crippen molar-refractivity contribution in [3.05, 3.63) is 58.1 Å². The molecule has 0 aromatic heterocycles. The monoisotopic (exact) mass is 375 g/mol. The third-order valence-electron chi connectivity index (χ3n) is 4.00. The highest BCUT2D eigenvalue weighted by Gasteiger charge is 2.18. The quantitative estimate of drug-likeness (QED) is 0.768. The maximum atomic E-state index is 12.3. The summed E-state index contributed by atoms with van der Waals surface area (Å²) in [5, 5.41) is 3.63. The van der Waals surface area contributed by atoms with Crippen LogP contribution in [0.25, 0.3) is 0 Å². The Hall–Kier alpha value is -2.20. The molecule has 0 unspecified atom stereocenters. The molecule has 0 spiro atoms. The van der Waals surface area contributed by atoms with E-state index in [1.54, 1.807) is 6.92 Å². The van der Waals surface area contributed by atoms with Crippen molar-refractivity contribution >= 4 is 17.5 Å². The normalized spacial score (nSPS) is 13.0. The molecule has 2 atom stereocenters. The number of nitrogens with one attached hydrogen (secondary N) is 1. The van der Waals surface area contributed by atoms with Gasteiger partial charge in [0.05, 0.1) is 6.04 Å². The molecule has 1 amide bonds. The zero-order chi connectivity index (χ0) is 19.3. The molecule has 0 aliphatic rings. The summed E-state index contributed by atoms with van der Waals surface area (Å²) in [6, 6.07) is 11.4. The second-order valence-corrected chi connectivity index (χ2v) is 7.04. The van der Waals surface area contributed by atoms with Crippen molar-refractivity contribution in [2.75, 3.05) is 6.61 Å². The van der Waals surface area contributed by atoms with Crippen molar-refractivity contribution in [1.82, 2.24) is 5.32 Å². The van der Waals surface area contributed by atoms with Crippen LogP contribution in [0.15, 0.2) is 36.4 Å². The van der Waals surface area contributed by atoms with Crippen LogP contribution in [-0.4, -0.2) is 24.7 Å². The number of carbonyl (C=O) groups is 1. The number of rotatable bonds is 7. The van der Waals surface area contributed by atoms with E-state index in [9.17, 15) is 4.79 Å². The van der Waals surface area contributed by atoms with Gasteiger partial charge >= 0.3 is 0 Å². The minimum Gasteiger partial charge on any atom is -0.491 e. The minimum atomic E-state index is -0.614. The van der Waals surface area contributed by atoms with E-state index in [0.29, 0.717) is 12.4 Å². The smallest absolute Gasteiger partial charge is 0.261 e. The Morgan fingerprint density at radius 3 is 2.19 bits per heavy atom. The second-order valence-electron chi connectivity index (χ2n) is 6.66. The zero-order valence-corrected chi connectivity index (χ0v) is 16.7. The number of amides is 1. The second kappa shape index (κ2) is 8.95. The van der Waals surface area contributed by atoms with Gasteiger partial charge in [-0.3, -0.25) is 4.79 Å². The summed E-state index contributed by atoms with van der Waals surface area (Å²) in [5.74, 6) is 1.24. The summed E-state index contributed by atoms with van der Waals surface area (Å²) in [4.78, 5) is 12.3. The Morgan fingerprint density at radius 2 is 1.62 bits per heavy atom. The maximum Gasteiger partial charge on any atom is 0.261 e. The summed E-state index contributed by atoms with van der Waals surface area (Å²) in [6.45, 7) is 9.87. The highest BCUT2D eigenvalue weighted by atomic mass is 35.5. The Kier molecular flexibility index (Phi) is 6.92. The number of hydrogen-bond donors (Lipinski definition) is 1. The maximum absolute atomic E-state index is 12.3. The first-order valence-corrected chi connectivity index (χ1v) is 9.07. The van der Waals surface area contributed by atoms with Crippen LogP contribution in [0, 0.1) is 20.8 Å². The van der Waals surface area contributed by atoms with E-state index in [-0.39, 0.29) is 11.9 Å². The molecule has 2 aromatic carbocycles. The van der Waals surface area contributed by atoms with E-state index >= 15 is 0 Å². The molecule has 0 aliphatic heterocycles. The molecule has 26 heavy (non-hydrogen) atoms. The van der Waals surface area contributed by atoms with Gasteiger partial charge in [0.1, 0.15) is 18.1 Å². The van der Waals surface area contributed by atoms with E-state index in [1.807, 2.05) is 64.1 Å². The Morgan fingerprint density at radius 1 is 1.04 bits per heavy atom. The SMILES string of the molecule is Cc1ccc(OC[C@H](C)NC(=O)[C@H](C)Oc2cc(C)c(Cl)c(C)c2)cc1. The largest absolute Gasteiger partial charge is 0.491 e. The molecule has 140 valence electrons. The predicted molar refractivity (Wildman–Crippen MR) is 105 cm³/mol. The average Bonchev–Trinajstić information content (AvgIpc) is 2.59. The van der Waals surface area contributed by atoms with Crippen LogP contribution in [0.2, 0.25) is 5.02 Å². The van der Waals surface area contributed by atoms with Crippen molar-refractivity contribution in [2.45, 2.75) is 46.8 Å². The highest BCUT2D eigenvalue weighted by molar-refractivity contribution is 6.32. The molecule has 0 saturated carbocycles. The van der Waals surface area contributed by atoms with Crippen molar-refractivity contribution in [3.8, 4) is 11.5 Å². The lowest BCUT2D eigenvalue weighted by atomic mass is 10.1. The van der Waals surface area contributed by atoms with E-state index in [0.717, 1.165) is 21.9 Å². The summed E-state index contributed by atoms with van der Waals surface area (Å²) in [7, 11) is 0. The van der Waals surface area contributed by atoms with Gasteiger partial charge in [0.25, 0.3) is 5.91 Å². The minimum absolute atomic E-state index is 0.136. The third kappa shape index (κ3) is 5.67. The first kappa shape index (κ1) is 20.1. The van der Waals surface area contributed by atoms with E-state index in [1.165, 1.54) is 5.56 Å². The fraction of sp³-hybridized carbons (Fsp3) is 0.381. The molecular weight excluding hydrogens is 350 g/mol. The molecule has 0 fully saturated rings. The fourth-order valence-electron chi connectivity index (χ4n) is 2.49. The lowest BCUT2D eigenvalue weighted by molar-refractivity contribution is -0.128. The van der Waals surface area contributed by atoms with Gasteiger partial charge < -0.3 is 14.8 Å². The fourth-order valence-corrected chi connectivity index (χ4v) is 2.60. The van der Waals surface area contributed by atoms with Crippen molar-refractivity contribution in [3.63, 3.8) is 0 Å². The Bertz CT molecular complexity index is 735. The van der Waals surface area contributed by atoms with Gasteiger partial charge in [-0.25, -0.2) is 0 Å². The molecule has 5 heteroatoms. The standard InChI is InChI=1S/C21H26ClNO3/c1-13-6-8-18(9-7-13)25-12-16(4)23-21(24)17(5)26-19-10-14(2)20(22)15(3)11-19/h6-11,16-17H,12H2,1-5H3,(H,23,24)/t16-,17-/m0/s1. The van der Waals surface area contributed by atoms with Crippen molar-refractivity contribution in [2.24, 2.45) is 0 Å². The zero-order valence-electron chi connectivity index (χ0n) is 15.9. The van der Waals surface area contributed by atoms with Crippen LogP contribution >= 0.6 is 11.6 Å². The molecule has 0 saturated heterocycles. The summed E-state index contributed by atoms with van der Waals surface area (Å²) < 4.78 is 11.5. The lowest BCUT2D eigenvalue weighted by Crippen LogP contribution is -2.43. The van der Waals surface area contributed by atoms with Crippen LogP contribution in [0.3, 0.4) is 0 Å². The Balaban J connectivity index is 1.85. The summed E-state index contributed by atoms with van der Waals surface area (Å²) >= 11 is 6.16. The first-order chi connectivity index (χ1) is 12.3. The lowest BCUT2D eigenvalue weighted by Gasteiger charge is -2.20. The number of halogens is 1. The molecule has 2 rings (SSSR count). The molecule has 0 radical (unpaired) electrons. The van der Waals surface area contributed by atoms with Crippen LogP contribution in [0.5, 0.6) is 11.5 Å². The number of ether oxygens (including phenoxy) is 2. The molecule has 0 aliphatic carbocycles. The third-order valence-corrected chi connectivity index (χ3v) is 4.60. The van der Waals surface area contributed by atoms with Crippen LogP contribution < -0.4 is 14.8 Å². The number of aryl methyl sites for hydroxylation is 3. The van der Waals surface area contributed by atoms with Gasteiger partial charge in [-0.1, -0.05) is 29.3 Å². The summed E-state index contributed by atoms with van der Waals surface area (Å²) in [6.07, 6.45) is -0.614. The predicted octanol–water partition coefficient (Wildman–Crippen LogP) is 4.62. The number of hydrogen-bond acceptors (Lipinski definition) is 3. The number of carbonyl (C=O) groups excluding carboxylic acids is 1. The molecule has 4 nitrogen and oxygen atoms in total. The van der Waals surface area contributed by atoms with Gasteiger partial charge in [0.15, 0.2) is 6.10 Å². The van der Waals surface area contributed by atoms with Gasteiger partial charge in [-0.15, -0.1) is 0 Å². The van der Waals surface area contributed by atoms with Gasteiger partial charge in [-0.05, 0) is 70.0 Å². The molecular formula is C21H26ClNO3. The van der Waals surface area contributed by atoms with Crippen LogP contribution in [0.4, 0.5) is 0 Å². The van der Waals surface area contributed by atoms with Crippen molar-refractivity contribution in [1.29, 1.82) is 0 Å². The number of benzene rings is 2. The molecule has 1 N–H and O–H groups in total.